The summed E-state index contributed by atoms with van der Waals surface area (Å²) in [6.07, 6.45) is 2.41. The van der Waals surface area contributed by atoms with Crippen molar-refractivity contribution in [3.8, 4) is 0 Å². The van der Waals surface area contributed by atoms with Crippen molar-refractivity contribution in [3.63, 3.8) is 0 Å². The predicted molar refractivity (Wildman–Crippen MR) is 63.8 cm³/mol. The molecule has 1 heterocycles. The summed E-state index contributed by atoms with van der Waals surface area (Å²) >= 11 is 9.45. The molecule has 14 heavy (non-hydrogen) atoms. The second kappa shape index (κ2) is 4.65. The zero-order chi connectivity index (χ0) is 9.97. The smallest absolute Gasteiger partial charge is 0.0419 e. The highest BCUT2D eigenvalue weighted by molar-refractivity contribution is 9.10. The van der Waals surface area contributed by atoms with E-state index in [1.54, 1.807) is 0 Å². The molecule has 1 fully saturated rings. The molecule has 76 valence electrons. The van der Waals surface area contributed by atoms with Crippen molar-refractivity contribution in [2.45, 2.75) is 12.8 Å². The van der Waals surface area contributed by atoms with E-state index in [9.17, 15) is 0 Å². The summed E-state index contributed by atoms with van der Waals surface area (Å²) in [5, 5.41) is 4.20. The average molecular weight is 275 g/mol. The summed E-state index contributed by atoms with van der Waals surface area (Å²) in [5.41, 5.74) is 1.33. The van der Waals surface area contributed by atoms with Gasteiger partial charge in [0.1, 0.15) is 0 Å². The van der Waals surface area contributed by atoms with Gasteiger partial charge in [-0.1, -0.05) is 27.5 Å². The maximum absolute atomic E-state index is 5.99. The fourth-order valence-electron chi connectivity index (χ4n) is 1.95. The standard InChI is InChI=1S/C11H13BrClN/c12-10-4-9(5-11(13)6-10)3-8-1-2-14-7-8/h4-6,8,14H,1-3,7H2. The van der Waals surface area contributed by atoms with Crippen molar-refractivity contribution < 1.29 is 0 Å². The number of hydrogen-bond donors (Lipinski definition) is 1. The van der Waals surface area contributed by atoms with Gasteiger partial charge in [-0.05, 0) is 55.6 Å². The van der Waals surface area contributed by atoms with Crippen molar-refractivity contribution >= 4 is 27.5 Å². The lowest BCUT2D eigenvalue weighted by Crippen LogP contribution is -2.10. The first-order chi connectivity index (χ1) is 6.74. The monoisotopic (exact) mass is 273 g/mol. The molecule has 1 atom stereocenters. The maximum Gasteiger partial charge on any atom is 0.0419 e. The molecular formula is C11H13BrClN. The molecule has 0 bridgehead atoms. The van der Waals surface area contributed by atoms with E-state index in [1.165, 1.54) is 12.0 Å². The molecule has 1 aliphatic rings. The number of hydrogen-bond acceptors (Lipinski definition) is 1. The minimum absolute atomic E-state index is 0.778. The molecule has 1 N–H and O–H groups in total. The Morgan fingerprint density at radius 2 is 2.29 bits per heavy atom. The molecule has 1 unspecified atom stereocenters. The van der Waals surface area contributed by atoms with Gasteiger partial charge in [0.05, 0.1) is 0 Å². The van der Waals surface area contributed by atoms with Crippen LogP contribution in [-0.4, -0.2) is 13.1 Å². The molecular weight excluding hydrogens is 261 g/mol. The van der Waals surface area contributed by atoms with E-state index in [4.69, 9.17) is 11.6 Å². The minimum atomic E-state index is 0.778. The van der Waals surface area contributed by atoms with Gasteiger partial charge in [-0.2, -0.15) is 0 Å². The maximum atomic E-state index is 5.99. The van der Waals surface area contributed by atoms with Crippen molar-refractivity contribution in [1.29, 1.82) is 0 Å². The summed E-state index contributed by atoms with van der Waals surface area (Å²) in [6.45, 7) is 2.30. The summed E-state index contributed by atoms with van der Waals surface area (Å²) in [4.78, 5) is 0. The van der Waals surface area contributed by atoms with Gasteiger partial charge >= 0.3 is 0 Å². The largest absolute Gasteiger partial charge is 0.316 e. The van der Waals surface area contributed by atoms with E-state index < -0.39 is 0 Å². The molecule has 1 saturated heterocycles. The zero-order valence-electron chi connectivity index (χ0n) is 7.89. The Bertz CT molecular complexity index is 301. The third kappa shape index (κ3) is 2.72. The number of benzene rings is 1. The molecule has 1 aromatic rings. The molecule has 1 aliphatic heterocycles. The van der Waals surface area contributed by atoms with Gasteiger partial charge in [0.2, 0.25) is 0 Å². The van der Waals surface area contributed by atoms with E-state index in [-0.39, 0.29) is 0 Å². The van der Waals surface area contributed by atoms with Gasteiger partial charge in [-0.3, -0.25) is 0 Å². The fraction of sp³-hybridized carbons (Fsp3) is 0.455. The SMILES string of the molecule is Clc1cc(Br)cc(CC2CCNC2)c1. The van der Waals surface area contributed by atoms with Crippen LogP contribution in [0.25, 0.3) is 0 Å². The molecule has 2 rings (SSSR count). The second-order valence-electron chi connectivity index (χ2n) is 3.84. The molecule has 1 aromatic carbocycles. The highest BCUT2D eigenvalue weighted by atomic mass is 79.9. The van der Waals surface area contributed by atoms with Crippen molar-refractivity contribution in [3.05, 3.63) is 33.3 Å². The lowest BCUT2D eigenvalue weighted by Gasteiger charge is -2.08. The van der Waals surface area contributed by atoms with Crippen LogP contribution in [0.2, 0.25) is 5.02 Å². The number of nitrogens with one attached hydrogen (secondary N) is 1. The van der Waals surface area contributed by atoms with Crippen molar-refractivity contribution in [2.24, 2.45) is 5.92 Å². The molecule has 1 nitrogen and oxygen atoms in total. The normalized spacial score (nSPS) is 21.4. The Morgan fingerprint density at radius 1 is 1.43 bits per heavy atom. The van der Waals surface area contributed by atoms with E-state index in [0.717, 1.165) is 34.9 Å². The highest BCUT2D eigenvalue weighted by Gasteiger charge is 2.14. The van der Waals surface area contributed by atoms with Gasteiger partial charge in [0.15, 0.2) is 0 Å². The topological polar surface area (TPSA) is 12.0 Å². The van der Waals surface area contributed by atoms with Crippen LogP contribution in [0.1, 0.15) is 12.0 Å². The first kappa shape index (κ1) is 10.5. The third-order valence-electron chi connectivity index (χ3n) is 2.61. The lowest BCUT2D eigenvalue weighted by atomic mass is 9.99. The number of rotatable bonds is 2. The first-order valence-electron chi connectivity index (χ1n) is 4.90. The zero-order valence-corrected chi connectivity index (χ0v) is 10.2. The summed E-state index contributed by atoms with van der Waals surface area (Å²) in [6, 6.07) is 6.15. The van der Waals surface area contributed by atoms with Gasteiger partial charge < -0.3 is 5.32 Å². The third-order valence-corrected chi connectivity index (χ3v) is 3.29. The van der Waals surface area contributed by atoms with E-state index >= 15 is 0 Å². The van der Waals surface area contributed by atoms with Crippen LogP contribution in [-0.2, 0) is 6.42 Å². The van der Waals surface area contributed by atoms with Gasteiger partial charge in [-0.25, -0.2) is 0 Å². The van der Waals surface area contributed by atoms with Crippen LogP contribution in [0.15, 0.2) is 22.7 Å². The van der Waals surface area contributed by atoms with Gasteiger partial charge in [0, 0.05) is 9.50 Å². The van der Waals surface area contributed by atoms with Crippen LogP contribution < -0.4 is 5.32 Å². The van der Waals surface area contributed by atoms with E-state index in [1.807, 2.05) is 6.07 Å². The van der Waals surface area contributed by atoms with E-state index in [2.05, 4.69) is 33.4 Å². The Balaban J connectivity index is 2.07. The lowest BCUT2D eigenvalue weighted by molar-refractivity contribution is 0.580. The quantitative estimate of drug-likeness (QED) is 0.873. The Kier molecular flexibility index (Phi) is 3.47. The minimum Gasteiger partial charge on any atom is -0.316 e. The summed E-state index contributed by atoms with van der Waals surface area (Å²) in [5.74, 6) is 0.778. The number of halogens is 2. The molecule has 0 aromatic heterocycles. The summed E-state index contributed by atoms with van der Waals surface area (Å²) in [7, 11) is 0. The fourth-order valence-corrected chi connectivity index (χ4v) is 2.88. The second-order valence-corrected chi connectivity index (χ2v) is 5.19. The Morgan fingerprint density at radius 3 is 2.93 bits per heavy atom. The first-order valence-corrected chi connectivity index (χ1v) is 6.07. The van der Waals surface area contributed by atoms with Gasteiger partial charge in [0.25, 0.3) is 0 Å². The molecule has 0 aliphatic carbocycles. The van der Waals surface area contributed by atoms with Gasteiger partial charge in [-0.15, -0.1) is 0 Å². The van der Waals surface area contributed by atoms with Crippen LogP contribution in [0.4, 0.5) is 0 Å². The van der Waals surface area contributed by atoms with E-state index in [0.29, 0.717) is 0 Å². The van der Waals surface area contributed by atoms with Crippen LogP contribution in [0.5, 0.6) is 0 Å². The Hall–Kier alpha value is -0.0500. The molecule has 3 heteroatoms. The van der Waals surface area contributed by atoms with Crippen molar-refractivity contribution in [1.82, 2.24) is 5.32 Å². The van der Waals surface area contributed by atoms with Crippen LogP contribution in [0, 0.1) is 5.92 Å². The molecule has 0 saturated carbocycles. The van der Waals surface area contributed by atoms with Crippen LogP contribution >= 0.6 is 27.5 Å². The molecule has 0 radical (unpaired) electrons. The molecule has 0 spiro atoms. The molecule has 0 amide bonds. The highest BCUT2D eigenvalue weighted by Crippen LogP contribution is 2.23. The summed E-state index contributed by atoms with van der Waals surface area (Å²) < 4.78 is 1.07. The van der Waals surface area contributed by atoms with Crippen molar-refractivity contribution in [2.75, 3.05) is 13.1 Å². The Labute approximate surface area is 98.0 Å². The average Bonchev–Trinajstić information content (AvgIpc) is 2.54. The van der Waals surface area contributed by atoms with Crippen LogP contribution in [0.3, 0.4) is 0 Å². The predicted octanol–water partition coefficient (Wildman–Crippen LogP) is 3.25.